The SMILES string of the molecule is COc1ccc(OC)c(N2CCN(CC(=O)Nc3nc4c(s3)CCCC4)C2=O)c1. The van der Waals surface area contributed by atoms with Crippen molar-refractivity contribution in [2.75, 3.05) is 44.1 Å². The number of carbonyl (C=O) groups excluding carboxylic acids is 2. The van der Waals surface area contributed by atoms with E-state index in [1.165, 1.54) is 16.2 Å². The monoisotopic (exact) mass is 416 g/mol. The standard InChI is InChI=1S/C20H24N4O4S/c1-27-13-7-8-16(28-2)15(11-13)24-10-9-23(20(24)26)12-18(25)22-19-21-14-5-3-4-6-17(14)29-19/h7-8,11H,3-6,9-10,12H2,1-2H3,(H,21,22,25). The number of amides is 3. The van der Waals surface area contributed by atoms with Gasteiger partial charge in [0.1, 0.15) is 18.0 Å². The molecule has 0 unspecified atom stereocenters. The van der Waals surface area contributed by atoms with Crippen LogP contribution in [0.4, 0.5) is 15.6 Å². The number of ether oxygens (including phenoxy) is 2. The normalized spacial score (nSPS) is 16.0. The number of nitrogens with zero attached hydrogens (tertiary/aromatic N) is 3. The number of anilines is 2. The molecule has 1 N–H and O–H groups in total. The molecular weight excluding hydrogens is 392 g/mol. The molecule has 2 aromatic rings. The van der Waals surface area contributed by atoms with Gasteiger partial charge in [-0.15, -0.1) is 11.3 Å². The fourth-order valence-electron chi connectivity index (χ4n) is 3.70. The first-order valence-corrected chi connectivity index (χ1v) is 10.5. The molecule has 1 saturated heterocycles. The van der Waals surface area contributed by atoms with E-state index in [4.69, 9.17) is 9.47 Å². The highest BCUT2D eigenvalue weighted by atomic mass is 32.1. The molecule has 0 spiro atoms. The van der Waals surface area contributed by atoms with Gasteiger partial charge in [-0.3, -0.25) is 9.69 Å². The van der Waals surface area contributed by atoms with Crippen molar-refractivity contribution in [3.63, 3.8) is 0 Å². The van der Waals surface area contributed by atoms with Crippen molar-refractivity contribution in [3.8, 4) is 11.5 Å². The number of aromatic nitrogens is 1. The molecule has 1 aromatic heterocycles. The Morgan fingerprint density at radius 1 is 1.21 bits per heavy atom. The van der Waals surface area contributed by atoms with Crippen molar-refractivity contribution in [2.45, 2.75) is 25.7 Å². The Kier molecular flexibility index (Phi) is 5.57. The number of methoxy groups -OCH3 is 2. The molecule has 2 aliphatic rings. The number of carbonyl (C=O) groups is 2. The topological polar surface area (TPSA) is 84.0 Å². The van der Waals surface area contributed by atoms with Crippen LogP contribution < -0.4 is 19.7 Å². The maximum atomic E-state index is 12.9. The van der Waals surface area contributed by atoms with E-state index in [2.05, 4.69) is 10.3 Å². The average Bonchev–Trinajstić information content (AvgIpc) is 3.30. The Morgan fingerprint density at radius 2 is 2.03 bits per heavy atom. The molecular formula is C20H24N4O4S. The van der Waals surface area contributed by atoms with Crippen molar-refractivity contribution in [1.82, 2.24) is 9.88 Å². The highest BCUT2D eigenvalue weighted by Gasteiger charge is 2.33. The van der Waals surface area contributed by atoms with Crippen LogP contribution in [0.5, 0.6) is 11.5 Å². The summed E-state index contributed by atoms with van der Waals surface area (Å²) < 4.78 is 10.7. The molecule has 29 heavy (non-hydrogen) atoms. The summed E-state index contributed by atoms with van der Waals surface area (Å²) >= 11 is 1.54. The van der Waals surface area contributed by atoms with Gasteiger partial charge in [0.25, 0.3) is 0 Å². The number of thiazole rings is 1. The van der Waals surface area contributed by atoms with Crippen LogP contribution in [0.15, 0.2) is 18.2 Å². The van der Waals surface area contributed by atoms with Gasteiger partial charge >= 0.3 is 6.03 Å². The molecule has 154 valence electrons. The van der Waals surface area contributed by atoms with E-state index >= 15 is 0 Å². The molecule has 0 saturated carbocycles. The minimum absolute atomic E-state index is 0.00807. The summed E-state index contributed by atoms with van der Waals surface area (Å²) in [6.45, 7) is 0.925. The molecule has 1 aromatic carbocycles. The van der Waals surface area contributed by atoms with Crippen molar-refractivity contribution < 1.29 is 19.1 Å². The highest BCUT2D eigenvalue weighted by molar-refractivity contribution is 7.15. The van der Waals surface area contributed by atoms with Crippen molar-refractivity contribution >= 4 is 34.1 Å². The third-order valence-corrected chi connectivity index (χ3v) is 6.27. The van der Waals surface area contributed by atoms with Crippen molar-refractivity contribution in [3.05, 3.63) is 28.8 Å². The number of urea groups is 1. The second-order valence-corrected chi connectivity index (χ2v) is 8.12. The summed E-state index contributed by atoms with van der Waals surface area (Å²) in [5.74, 6) is 0.986. The van der Waals surface area contributed by atoms with Gasteiger partial charge in [-0.05, 0) is 37.8 Å². The lowest BCUT2D eigenvalue weighted by atomic mass is 10.0. The molecule has 2 heterocycles. The number of rotatable bonds is 6. The number of hydrogen-bond acceptors (Lipinski definition) is 6. The first-order valence-electron chi connectivity index (χ1n) is 9.66. The fraction of sp³-hybridized carbons (Fsp3) is 0.450. The Bertz CT molecular complexity index is 906. The molecule has 1 aliphatic heterocycles. The van der Waals surface area contributed by atoms with Gasteiger partial charge in [-0.2, -0.15) is 0 Å². The smallest absolute Gasteiger partial charge is 0.325 e. The van der Waals surface area contributed by atoms with Gasteiger partial charge in [0.05, 0.1) is 25.6 Å². The van der Waals surface area contributed by atoms with E-state index in [1.54, 1.807) is 48.7 Å². The lowest BCUT2D eigenvalue weighted by molar-refractivity contribution is -0.116. The van der Waals surface area contributed by atoms with Crippen LogP contribution >= 0.6 is 11.3 Å². The maximum Gasteiger partial charge on any atom is 0.325 e. The first-order chi connectivity index (χ1) is 14.1. The Hall–Kier alpha value is -2.81. The Balaban J connectivity index is 1.41. The summed E-state index contributed by atoms with van der Waals surface area (Å²) in [7, 11) is 3.13. The number of nitrogens with one attached hydrogen (secondary N) is 1. The van der Waals surface area contributed by atoms with Gasteiger partial charge in [0.15, 0.2) is 5.13 Å². The summed E-state index contributed by atoms with van der Waals surface area (Å²) in [6.07, 6.45) is 4.33. The second kappa shape index (κ2) is 8.28. The van der Waals surface area contributed by atoms with Gasteiger partial charge in [-0.1, -0.05) is 0 Å². The second-order valence-electron chi connectivity index (χ2n) is 7.04. The summed E-state index contributed by atoms with van der Waals surface area (Å²) in [4.78, 5) is 34.3. The molecule has 0 bridgehead atoms. The van der Waals surface area contributed by atoms with Crippen molar-refractivity contribution in [2.24, 2.45) is 0 Å². The molecule has 1 aliphatic carbocycles. The molecule has 4 rings (SSSR count). The maximum absolute atomic E-state index is 12.9. The summed E-state index contributed by atoms with van der Waals surface area (Å²) in [5, 5.41) is 3.48. The lowest BCUT2D eigenvalue weighted by Crippen LogP contribution is -2.37. The van der Waals surface area contributed by atoms with Crippen LogP contribution in [0, 0.1) is 0 Å². The van der Waals surface area contributed by atoms with E-state index in [9.17, 15) is 9.59 Å². The van der Waals surface area contributed by atoms with E-state index in [0.717, 1.165) is 25.0 Å². The van der Waals surface area contributed by atoms with E-state index in [1.807, 2.05) is 0 Å². The first kappa shape index (κ1) is 19.5. The Labute approximate surface area is 173 Å². The van der Waals surface area contributed by atoms with E-state index in [-0.39, 0.29) is 18.5 Å². The number of fused-ring (bicyclic) bond motifs is 1. The molecule has 1 fully saturated rings. The van der Waals surface area contributed by atoms with Crippen molar-refractivity contribution in [1.29, 1.82) is 0 Å². The van der Waals surface area contributed by atoms with Gasteiger partial charge in [-0.25, -0.2) is 9.78 Å². The predicted octanol–water partition coefficient (Wildman–Crippen LogP) is 2.92. The highest BCUT2D eigenvalue weighted by Crippen LogP contribution is 2.34. The molecule has 9 heteroatoms. The van der Waals surface area contributed by atoms with Crippen LogP contribution in [0.25, 0.3) is 0 Å². The predicted molar refractivity (Wildman–Crippen MR) is 111 cm³/mol. The largest absolute Gasteiger partial charge is 0.497 e. The third-order valence-electron chi connectivity index (χ3n) is 5.20. The molecule has 0 atom stereocenters. The average molecular weight is 417 g/mol. The number of hydrogen-bond donors (Lipinski definition) is 1. The van der Waals surface area contributed by atoms with Crippen LogP contribution in [-0.4, -0.2) is 55.7 Å². The summed E-state index contributed by atoms with van der Waals surface area (Å²) in [5.41, 5.74) is 1.73. The number of aryl methyl sites for hydroxylation is 2. The van der Waals surface area contributed by atoms with Crippen LogP contribution in [0.3, 0.4) is 0 Å². The van der Waals surface area contributed by atoms with E-state index < -0.39 is 0 Å². The van der Waals surface area contributed by atoms with Crippen LogP contribution in [-0.2, 0) is 17.6 Å². The van der Waals surface area contributed by atoms with Gasteiger partial charge < -0.3 is 19.7 Å². The van der Waals surface area contributed by atoms with E-state index in [0.29, 0.717) is 35.4 Å². The lowest BCUT2D eigenvalue weighted by Gasteiger charge is -2.20. The minimum Gasteiger partial charge on any atom is -0.497 e. The van der Waals surface area contributed by atoms with Crippen LogP contribution in [0.1, 0.15) is 23.4 Å². The van der Waals surface area contributed by atoms with Gasteiger partial charge in [0, 0.05) is 24.0 Å². The zero-order valence-corrected chi connectivity index (χ0v) is 17.4. The number of benzene rings is 1. The quantitative estimate of drug-likeness (QED) is 0.783. The third kappa shape index (κ3) is 4.00. The van der Waals surface area contributed by atoms with Crippen LogP contribution in [0.2, 0.25) is 0 Å². The molecule has 8 nitrogen and oxygen atoms in total. The zero-order chi connectivity index (χ0) is 20.4. The van der Waals surface area contributed by atoms with Gasteiger partial charge in [0.2, 0.25) is 5.91 Å². The zero-order valence-electron chi connectivity index (χ0n) is 16.6. The molecule has 3 amide bonds. The summed E-state index contributed by atoms with van der Waals surface area (Å²) in [6, 6.07) is 5.08. The fourth-order valence-corrected chi connectivity index (χ4v) is 4.76. The minimum atomic E-state index is -0.232. The molecule has 0 radical (unpaired) electrons. The Morgan fingerprint density at radius 3 is 2.79 bits per heavy atom.